The lowest BCUT2D eigenvalue weighted by Gasteiger charge is -2.37. The van der Waals surface area contributed by atoms with Crippen molar-refractivity contribution < 1.29 is 19.0 Å². The Kier molecular flexibility index (Phi) is 8.82. The number of ether oxygens (including phenoxy) is 3. The van der Waals surface area contributed by atoms with Gasteiger partial charge in [-0.25, -0.2) is 29.3 Å². The molecule has 12 heteroatoms. The normalized spacial score (nSPS) is 22.3. The summed E-state index contributed by atoms with van der Waals surface area (Å²) in [6.45, 7) is 20.3. The average molecular weight is 604 g/mol. The number of carbonyl (C=O) groups is 1. The van der Waals surface area contributed by atoms with Crippen LogP contribution >= 0.6 is 11.3 Å². The van der Waals surface area contributed by atoms with Crippen LogP contribution in [-0.4, -0.2) is 65.0 Å². The molecule has 1 aliphatic carbocycles. The monoisotopic (exact) mass is 603 g/mol. The fourth-order valence-electron chi connectivity index (χ4n) is 6.13. The molecule has 0 bridgehead atoms. The second-order valence-electron chi connectivity index (χ2n) is 11.1. The van der Waals surface area contributed by atoms with E-state index in [1.807, 2.05) is 0 Å². The largest absolute Gasteiger partial charge is 0.497 e. The molecule has 0 spiro atoms. The van der Waals surface area contributed by atoms with Crippen LogP contribution in [0.3, 0.4) is 0 Å². The number of allylic oxidation sites excluding steroid dienone is 1. The summed E-state index contributed by atoms with van der Waals surface area (Å²) >= 11 is 1.40. The number of esters is 1. The number of rotatable bonds is 9. The van der Waals surface area contributed by atoms with Gasteiger partial charge in [0.25, 0.3) is 0 Å². The van der Waals surface area contributed by atoms with Gasteiger partial charge in [0.1, 0.15) is 28.2 Å². The minimum Gasteiger partial charge on any atom is -0.497 e. The number of thiazole rings is 1. The first-order chi connectivity index (χ1) is 20.7. The lowest BCUT2D eigenvalue weighted by atomic mass is 9.75. The van der Waals surface area contributed by atoms with Crippen molar-refractivity contribution in [1.82, 2.24) is 19.7 Å². The molecule has 1 aromatic carbocycles. The van der Waals surface area contributed by atoms with E-state index in [4.69, 9.17) is 35.9 Å². The highest BCUT2D eigenvalue weighted by Crippen LogP contribution is 2.40. The average Bonchev–Trinajstić information content (AvgIpc) is 3.70. The van der Waals surface area contributed by atoms with E-state index in [9.17, 15) is 4.79 Å². The zero-order valence-electron chi connectivity index (χ0n) is 25.6. The summed E-state index contributed by atoms with van der Waals surface area (Å²) in [5.41, 5.74) is 0.655. The van der Waals surface area contributed by atoms with Crippen LogP contribution in [-0.2, 0) is 9.53 Å². The molecule has 43 heavy (non-hydrogen) atoms. The van der Waals surface area contributed by atoms with Gasteiger partial charge in [-0.3, -0.25) is 0 Å². The molecule has 2 unspecified atom stereocenters. The number of hydrogen-bond acceptors (Lipinski definition) is 10. The van der Waals surface area contributed by atoms with Crippen LogP contribution in [0.25, 0.3) is 21.8 Å². The molecule has 0 amide bonds. The second-order valence-corrected chi connectivity index (χ2v) is 12.0. The first-order valence-electron chi connectivity index (χ1n) is 14.5. The standard InChI is InChI=1S/C31H37N7O4S/c1-9-37(10-2)23-16-33-31(43-23)35-29-25(32-6)24(30(39)42-26-18(4)13-17(3)14-19(26)5)28-34-27(36-38(28)29)21-15-20(40-7)11-12-22(21)41-8/h11-12,15-19,26H,9-10,13-14H2,1-5,7-8H3. The molecule has 0 radical (unpaired) electrons. The number of benzene rings is 1. The molecule has 1 saturated carbocycles. The van der Waals surface area contributed by atoms with Gasteiger partial charge in [-0.2, -0.15) is 0 Å². The number of anilines is 1. The summed E-state index contributed by atoms with van der Waals surface area (Å²) in [6.07, 6.45) is 3.44. The van der Waals surface area contributed by atoms with Crippen molar-refractivity contribution in [3.63, 3.8) is 0 Å². The fraction of sp³-hybridized carbons (Fsp3) is 0.484. The highest BCUT2D eigenvalue weighted by molar-refractivity contribution is 7.19. The van der Waals surface area contributed by atoms with Crippen LogP contribution in [0.5, 0.6) is 11.5 Å². The predicted octanol–water partition coefficient (Wildman–Crippen LogP) is 6.10. The SMILES string of the molecule is [C-]#[N+]C1=C(C(=O)OC2C(C)CC(C)CC2C)c2nc(-c3cc(OC)ccc3OC)nn2C1=Nc1ncc(N(CC)CC)s1. The van der Waals surface area contributed by atoms with Crippen molar-refractivity contribution in [3.8, 4) is 22.9 Å². The third-order valence-electron chi connectivity index (χ3n) is 8.11. The highest BCUT2D eigenvalue weighted by atomic mass is 32.1. The van der Waals surface area contributed by atoms with Crippen molar-refractivity contribution in [2.24, 2.45) is 22.7 Å². The maximum atomic E-state index is 13.9. The molecule has 0 saturated heterocycles. The molecule has 5 rings (SSSR count). The summed E-state index contributed by atoms with van der Waals surface area (Å²) in [7, 11) is 3.13. The van der Waals surface area contributed by atoms with Gasteiger partial charge in [-0.05, 0) is 62.6 Å². The van der Waals surface area contributed by atoms with Crippen molar-refractivity contribution in [3.05, 3.63) is 47.3 Å². The van der Waals surface area contributed by atoms with Gasteiger partial charge in [-0.1, -0.05) is 32.1 Å². The molecular formula is C31H37N7O4S. The van der Waals surface area contributed by atoms with E-state index in [0.717, 1.165) is 30.9 Å². The van der Waals surface area contributed by atoms with E-state index in [1.165, 1.54) is 16.0 Å². The lowest BCUT2D eigenvalue weighted by Crippen LogP contribution is -2.37. The molecule has 226 valence electrons. The maximum absolute atomic E-state index is 13.9. The Morgan fingerprint density at radius 1 is 1.16 bits per heavy atom. The summed E-state index contributed by atoms with van der Waals surface area (Å²) in [5.74, 6) is 2.14. The molecule has 0 N–H and O–H groups in total. The molecule has 3 aromatic rings. The maximum Gasteiger partial charge on any atom is 0.331 e. The minimum atomic E-state index is -0.602. The van der Waals surface area contributed by atoms with Gasteiger partial charge in [0, 0.05) is 13.1 Å². The van der Waals surface area contributed by atoms with Gasteiger partial charge in [0.15, 0.2) is 17.5 Å². The smallest absolute Gasteiger partial charge is 0.331 e. The first kappa shape index (κ1) is 30.2. The molecule has 1 aliphatic heterocycles. The fourth-order valence-corrected chi connectivity index (χ4v) is 7.04. The third kappa shape index (κ3) is 5.73. The second kappa shape index (κ2) is 12.6. The van der Waals surface area contributed by atoms with Crippen LogP contribution in [0, 0.1) is 24.3 Å². The van der Waals surface area contributed by atoms with E-state index < -0.39 is 5.97 Å². The van der Waals surface area contributed by atoms with Crippen molar-refractivity contribution >= 4 is 38.8 Å². The lowest BCUT2D eigenvalue weighted by molar-refractivity contribution is -0.150. The summed E-state index contributed by atoms with van der Waals surface area (Å²) in [6, 6.07) is 5.31. The number of hydrogen-bond donors (Lipinski definition) is 0. The van der Waals surface area contributed by atoms with E-state index in [0.29, 0.717) is 33.9 Å². The number of nitrogens with zero attached hydrogens (tertiary/aromatic N) is 7. The number of methoxy groups -OCH3 is 2. The third-order valence-corrected chi connectivity index (χ3v) is 9.07. The minimum absolute atomic E-state index is 0.0354. The highest BCUT2D eigenvalue weighted by Gasteiger charge is 2.41. The van der Waals surface area contributed by atoms with Crippen molar-refractivity contribution in [2.45, 2.75) is 53.6 Å². The Morgan fingerprint density at radius 3 is 2.51 bits per heavy atom. The van der Waals surface area contributed by atoms with Gasteiger partial charge in [-0.15, -0.1) is 5.10 Å². The molecule has 2 aromatic heterocycles. The topological polar surface area (TPSA) is 108 Å². The van der Waals surface area contributed by atoms with Crippen LogP contribution in [0.1, 0.15) is 53.3 Å². The van der Waals surface area contributed by atoms with Crippen LogP contribution in [0.2, 0.25) is 0 Å². The van der Waals surface area contributed by atoms with Crippen LogP contribution in [0.4, 0.5) is 10.1 Å². The zero-order valence-corrected chi connectivity index (χ0v) is 26.4. The predicted molar refractivity (Wildman–Crippen MR) is 167 cm³/mol. The van der Waals surface area contributed by atoms with Gasteiger partial charge < -0.3 is 19.1 Å². The van der Waals surface area contributed by atoms with E-state index in [-0.39, 0.29) is 40.9 Å². The Morgan fingerprint density at radius 2 is 1.88 bits per heavy atom. The Balaban J connectivity index is 1.63. The Labute approximate surface area is 256 Å². The van der Waals surface area contributed by atoms with Crippen LogP contribution in [0.15, 0.2) is 35.1 Å². The number of aliphatic imine (C=N–C) groups is 1. The molecule has 2 aliphatic rings. The quantitative estimate of drug-likeness (QED) is 0.213. The summed E-state index contributed by atoms with van der Waals surface area (Å²) in [4.78, 5) is 33.9. The summed E-state index contributed by atoms with van der Waals surface area (Å²) < 4.78 is 18.6. The van der Waals surface area contributed by atoms with Crippen LogP contribution < -0.4 is 14.4 Å². The molecule has 1 fully saturated rings. The Bertz CT molecular complexity index is 1600. The molecule has 11 nitrogen and oxygen atoms in total. The number of aromatic nitrogens is 4. The van der Waals surface area contributed by atoms with Crippen molar-refractivity contribution in [1.29, 1.82) is 0 Å². The first-order valence-corrected chi connectivity index (χ1v) is 15.4. The van der Waals surface area contributed by atoms with E-state index in [1.54, 1.807) is 38.6 Å². The number of fused-ring (bicyclic) bond motifs is 1. The number of carbonyl (C=O) groups excluding carboxylic acids is 1. The van der Waals surface area contributed by atoms with E-state index in [2.05, 4.69) is 49.3 Å². The Hall–Kier alpha value is -4.24. The van der Waals surface area contributed by atoms with Gasteiger partial charge in [0.05, 0.1) is 32.6 Å². The van der Waals surface area contributed by atoms with Gasteiger partial charge >= 0.3 is 5.97 Å². The summed E-state index contributed by atoms with van der Waals surface area (Å²) in [5, 5.41) is 6.13. The van der Waals surface area contributed by atoms with Crippen molar-refractivity contribution in [2.75, 3.05) is 32.2 Å². The molecular weight excluding hydrogens is 566 g/mol. The molecule has 3 heterocycles. The van der Waals surface area contributed by atoms with E-state index >= 15 is 0 Å². The molecule has 2 atom stereocenters. The van der Waals surface area contributed by atoms with Gasteiger partial charge in [0.2, 0.25) is 10.8 Å². The zero-order chi connectivity index (χ0) is 30.8.